The minimum absolute atomic E-state index is 0.0236. The summed E-state index contributed by atoms with van der Waals surface area (Å²) in [6, 6.07) is 3.25. The summed E-state index contributed by atoms with van der Waals surface area (Å²) >= 11 is 0. The summed E-state index contributed by atoms with van der Waals surface area (Å²) in [6.07, 6.45) is 0. The molecule has 0 saturated heterocycles. The van der Waals surface area contributed by atoms with Gasteiger partial charge >= 0.3 is 0 Å². The quantitative estimate of drug-likeness (QED) is 0.321. The Morgan fingerprint density at radius 3 is 2.76 bits per heavy atom. The van der Waals surface area contributed by atoms with Crippen LogP contribution in [0.5, 0.6) is 0 Å². The van der Waals surface area contributed by atoms with Gasteiger partial charge in [0.25, 0.3) is 0 Å². The van der Waals surface area contributed by atoms with Gasteiger partial charge in [-0.1, -0.05) is 5.16 Å². The van der Waals surface area contributed by atoms with E-state index < -0.39 is 15.8 Å². The van der Waals surface area contributed by atoms with Gasteiger partial charge in [0.1, 0.15) is 5.82 Å². The van der Waals surface area contributed by atoms with Gasteiger partial charge in [0, 0.05) is 5.56 Å². The molecule has 0 spiro atoms. The van der Waals surface area contributed by atoms with Crippen LogP contribution in [0.25, 0.3) is 0 Å². The summed E-state index contributed by atoms with van der Waals surface area (Å²) in [5.41, 5.74) is 5.36. The van der Waals surface area contributed by atoms with Gasteiger partial charge < -0.3 is 10.9 Å². The fraction of sp³-hybridized carbons (Fsp3) is 0.222. The van der Waals surface area contributed by atoms with Crippen LogP contribution in [-0.2, 0) is 10.0 Å². The smallest absolute Gasteiger partial charge is 0.232 e. The lowest BCUT2D eigenvalue weighted by molar-refractivity contribution is 0.318. The van der Waals surface area contributed by atoms with Crippen LogP contribution in [-0.4, -0.2) is 25.2 Å². The van der Waals surface area contributed by atoms with Crippen molar-refractivity contribution in [1.29, 1.82) is 0 Å². The Kier molecular flexibility index (Phi) is 3.89. The van der Waals surface area contributed by atoms with Gasteiger partial charge in [-0.15, -0.1) is 0 Å². The second-order valence-corrected chi connectivity index (χ2v) is 5.19. The predicted molar refractivity (Wildman–Crippen MR) is 62.0 cm³/mol. The third-order valence-electron chi connectivity index (χ3n) is 2.01. The SMILES string of the molecule is CCS(=O)(=O)Nc1ccc(F)cc1/C(N)=N/O. The molecule has 17 heavy (non-hydrogen) atoms. The van der Waals surface area contributed by atoms with Crippen molar-refractivity contribution in [2.75, 3.05) is 10.5 Å². The molecule has 0 radical (unpaired) electrons. The van der Waals surface area contributed by atoms with Crippen LogP contribution in [0, 0.1) is 5.82 Å². The monoisotopic (exact) mass is 261 g/mol. The Morgan fingerprint density at radius 1 is 1.59 bits per heavy atom. The highest BCUT2D eigenvalue weighted by Crippen LogP contribution is 2.18. The van der Waals surface area contributed by atoms with Gasteiger partial charge in [-0.25, -0.2) is 12.8 Å². The van der Waals surface area contributed by atoms with E-state index in [-0.39, 0.29) is 22.8 Å². The topological polar surface area (TPSA) is 105 Å². The van der Waals surface area contributed by atoms with E-state index in [9.17, 15) is 12.8 Å². The van der Waals surface area contributed by atoms with Crippen molar-refractivity contribution in [1.82, 2.24) is 0 Å². The number of anilines is 1. The fourth-order valence-corrected chi connectivity index (χ4v) is 1.77. The first kappa shape index (κ1) is 13.2. The molecule has 1 aromatic carbocycles. The Hall–Kier alpha value is -1.83. The van der Waals surface area contributed by atoms with Crippen molar-refractivity contribution >= 4 is 21.5 Å². The molecule has 1 aromatic rings. The number of hydrogen-bond donors (Lipinski definition) is 3. The van der Waals surface area contributed by atoms with E-state index in [1.165, 1.54) is 13.0 Å². The Morgan fingerprint density at radius 2 is 2.24 bits per heavy atom. The number of rotatable bonds is 4. The highest BCUT2D eigenvalue weighted by molar-refractivity contribution is 7.92. The summed E-state index contributed by atoms with van der Waals surface area (Å²) in [5.74, 6) is -1.13. The summed E-state index contributed by atoms with van der Waals surface area (Å²) < 4.78 is 37.9. The maximum Gasteiger partial charge on any atom is 0.232 e. The van der Waals surface area contributed by atoms with Crippen molar-refractivity contribution in [3.8, 4) is 0 Å². The molecule has 0 saturated carbocycles. The van der Waals surface area contributed by atoms with Gasteiger partial charge in [-0.3, -0.25) is 4.72 Å². The first-order chi connectivity index (χ1) is 7.89. The van der Waals surface area contributed by atoms with Crippen molar-refractivity contribution in [2.45, 2.75) is 6.92 Å². The summed E-state index contributed by atoms with van der Waals surface area (Å²) in [5, 5.41) is 11.2. The molecule has 8 heteroatoms. The number of nitrogens with one attached hydrogen (secondary N) is 1. The molecule has 6 nitrogen and oxygen atoms in total. The van der Waals surface area contributed by atoms with Gasteiger partial charge in [0.2, 0.25) is 10.0 Å². The maximum absolute atomic E-state index is 13.0. The minimum atomic E-state index is -3.51. The molecule has 0 aliphatic carbocycles. The highest BCUT2D eigenvalue weighted by Gasteiger charge is 2.13. The summed E-state index contributed by atoms with van der Waals surface area (Å²) in [4.78, 5) is 0. The van der Waals surface area contributed by atoms with E-state index >= 15 is 0 Å². The molecule has 0 heterocycles. The lowest BCUT2D eigenvalue weighted by Gasteiger charge is -2.10. The molecule has 0 aliphatic heterocycles. The number of nitrogens with zero attached hydrogens (tertiary/aromatic N) is 1. The van der Waals surface area contributed by atoms with E-state index in [4.69, 9.17) is 10.9 Å². The average molecular weight is 261 g/mol. The molecular weight excluding hydrogens is 249 g/mol. The largest absolute Gasteiger partial charge is 0.409 e. The minimum Gasteiger partial charge on any atom is -0.409 e. The van der Waals surface area contributed by atoms with Gasteiger partial charge in [0.15, 0.2) is 5.84 Å². The molecule has 0 fully saturated rings. The van der Waals surface area contributed by atoms with Crippen molar-refractivity contribution in [3.05, 3.63) is 29.6 Å². The van der Waals surface area contributed by atoms with Crippen molar-refractivity contribution in [3.63, 3.8) is 0 Å². The molecule has 0 unspecified atom stereocenters. The molecule has 4 N–H and O–H groups in total. The Labute approximate surface area is 98.0 Å². The molecule has 1 rings (SSSR count). The standard InChI is InChI=1S/C9H12FN3O3S/c1-2-17(15,16)13-8-4-3-6(10)5-7(8)9(11)12-14/h3-5,13-14H,2H2,1H3,(H2,11,12). The lowest BCUT2D eigenvalue weighted by atomic mass is 10.1. The number of nitrogens with two attached hydrogens (primary N) is 1. The first-order valence-corrected chi connectivity index (χ1v) is 6.32. The van der Waals surface area contributed by atoms with E-state index in [0.717, 1.165) is 12.1 Å². The van der Waals surface area contributed by atoms with E-state index in [0.29, 0.717) is 0 Å². The third kappa shape index (κ3) is 3.31. The van der Waals surface area contributed by atoms with Gasteiger partial charge in [-0.05, 0) is 25.1 Å². The van der Waals surface area contributed by atoms with Gasteiger partial charge in [0.05, 0.1) is 11.4 Å². The Bertz CT molecular complexity index is 542. The van der Waals surface area contributed by atoms with Crippen LogP contribution < -0.4 is 10.5 Å². The number of sulfonamides is 1. The zero-order valence-corrected chi connectivity index (χ0v) is 9.83. The lowest BCUT2D eigenvalue weighted by Crippen LogP contribution is -2.20. The van der Waals surface area contributed by atoms with Crippen LogP contribution >= 0.6 is 0 Å². The van der Waals surface area contributed by atoms with Gasteiger partial charge in [-0.2, -0.15) is 0 Å². The van der Waals surface area contributed by atoms with Crippen LogP contribution in [0.3, 0.4) is 0 Å². The number of benzene rings is 1. The molecule has 0 aromatic heterocycles. The number of halogens is 1. The van der Waals surface area contributed by atoms with Crippen LogP contribution in [0.1, 0.15) is 12.5 Å². The molecule has 0 bridgehead atoms. The van der Waals surface area contributed by atoms with Crippen molar-refractivity contribution < 1.29 is 18.0 Å². The van der Waals surface area contributed by atoms with Crippen LogP contribution in [0.4, 0.5) is 10.1 Å². The van der Waals surface area contributed by atoms with Crippen LogP contribution in [0.15, 0.2) is 23.4 Å². The number of amidine groups is 1. The molecule has 0 amide bonds. The molecule has 0 aliphatic rings. The molecule has 94 valence electrons. The third-order valence-corrected chi connectivity index (χ3v) is 3.30. The Balaban J connectivity index is 3.25. The summed E-state index contributed by atoms with van der Waals surface area (Å²) in [7, 11) is -3.51. The van der Waals surface area contributed by atoms with E-state index in [1.54, 1.807) is 0 Å². The predicted octanol–water partition coefficient (Wildman–Crippen LogP) is 0.682. The normalized spacial score (nSPS) is 12.5. The van der Waals surface area contributed by atoms with Crippen LogP contribution in [0.2, 0.25) is 0 Å². The first-order valence-electron chi connectivity index (χ1n) is 4.67. The zero-order valence-electron chi connectivity index (χ0n) is 9.01. The van der Waals surface area contributed by atoms with E-state index in [1.807, 2.05) is 0 Å². The van der Waals surface area contributed by atoms with E-state index in [2.05, 4.69) is 9.88 Å². The second kappa shape index (κ2) is 5.00. The summed E-state index contributed by atoms with van der Waals surface area (Å²) in [6.45, 7) is 1.45. The maximum atomic E-state index is 13.0. The van der Waals surface area contributed by atoms with Crippen molar-refractivity contribution in [2.24, 2.45) is 10.9 Å². The second-order valence-electron chi connectivity index (χ2n) is 3.18. The highest BCUT2D eigenvalue weighted by atomic mass is 32.2. The average Bonchev–Trinajstić information content (AvgIpc) is 2.30. The zero-order chi connectivity index (χ0) is 13.1. The number of oxime groups is 1. The number of hydrogen-bond acceptors (Lipinski definition) is 4. The molecular formula is C9H12FN3O3S. The molecule has 0 atom stereocenters. The fourth-order valence-electron chi connectivity index (χ4n) is 1.11.